The number of rotatable bonds is 10. The zero-order chi connectivity index (χ0) is 45.0. The van der Waals surface area contributed by atoms with E-state index in [-0.39, 0.29) is 21.1 Å². The van der Waals surface area contributed by atoms with Crippen molar-refractivity contribution in [3.63, 3.8) is 0 Å². The number of aromatic nitrogens is 1. The molecule has 2 heterocycles. The van der Waals surface area contributed by atoms with Gasteiger partial charge in [-0.3, -0.25) is 13.9 Å². The number of benzene rings is 5. The van der Waals surface area contributed by atoms with E-state index < -0.39 is 36.3 Å². The van der Waals surface area contributed by atoms with E-state index in [1.54, 1.807) is 42.3 Å². The van der Waals surface area contributed by atoms with Gasteiger partial charge in [-0.1, -0.05) is 72.5 Å². The molecule has 1 aromatic heterocycles. The summed E-state index contributed by atoms with van der Waals surface area (Å²) in [6, 6.07) is 27.6. The quantitative estimate of drug-likeness (QED) is 0.0673. The molecule has 17 heteroatoms. The van der Waals surface area contributed by atoms with Gasteiger partial charge in [0.1, 0.15) is 17.2 Å². The van der Waals surface area contributed by atoms with E-state index in [0.29, 0.717) is 52.0 Å². The third-order valence-electron chi connectivity index (χ3n) is 11.2. The summed E-state index contributed by atoms with van der Waals surface area (Å²) in [7, 11) is -10.5. The maximum absolute atomic E-state index is 12.2. The van der Waals surface area contributed by atoms with Gasteiger partial charge < -0.3 is 14.6 Å². The van der Waals surface area contributed by atoms with Gasteiger partial charge in [0.15, 0.2) is 0 Å². The predicted molar refractivity (Wildman–Crippen MR) is 240 cm³/mol. The summed E-state index contributed by atoms with van der Waals surface area (Å²) in [5.74, 6) is -0.947. The Morgan fingerprint density at radius 1 is 0.746 bits per heavy atom. The Kier molecular flexibility index (Phi) is 11.6. The van der Waals surface area contributed by atoms with Crippen LogP contribution in [-0.4, -0.2) is 57.0 Å². The molecule has 2 aliphatic rings. The smallest absolute Gasteiger partial charge is 0.307 e. The molecule has 63 heavy (non-hydrogen) atoms. The number of carboxylic acid groups (broad SMARTS) is 1. The van der Waals surface area contributed by atoms with Crippen molar-refractivity contribution in [2.24, 2.45) is 7.05 Å². The minimum atomic E-state index is -4.73. The molecule has 0 spiro atoms. The van der Waals surface area contributed by atoms with Crippen LogP contribution in [0.4, 0.5) is 11.4 Å². The highest BCUT2D eigenvalue weighted by Gasteiger charge is 2.28. The maximum atomic E-state index is 12.2. The fourth-order valence-corrected chi connectivity index (χ4v) is 10.7. The summed E-state index contributed by atoms with van der Waals surface area (Å²) < 4.78 is 107. The van der Waals surface area contributed by atoms with Crippen LogP contribution in [0.5, 0.6) is 0 Å². The first-order chi connectivity index (χ1) is 29.8. The van der Waals surface area contributed by atoms with E-state index in [1.165, 1.54) is 48.2 Å². The van der Waals surface area contributed by atoms with Crippen LogP contribution >= 0.6 is 11.8 Å². The number of allylic oxidation sites excluding steroid dienone is 5. The average molecular weight is 923 g/mol. The highest BCUT2D eigenvalue weighted by molar-refractivity contribution is 8.03. The number of thioether (sulfide) groups is 1. The second-order valence-electron chi connectivity index (χ2n) is 15.1. The minimum Gasteiger partial charge on any atom is -0.744 e. The van der Waals surface area contributed by atoms with E-state index in [2.05, 4.69) is 0 Å². The molecule has 1 aliphatic carbocycles. The fraction of sp³-hybridized carbons (Fsp3) is 0.130. The molecule has 322 valence electrons. The Balaban J connectivity index is 1.32. The van der Waals surface area contributed by atoms with Crippen molar-refractivity contribution in [1.29, 1.82) is 0 Å². The molecule has 0 saturated carbocycles. The Bertz CT molecular complexity index is 3310. The summed E-state index contributed by atoms with van der Waals surface area (Å²) in [5.41, 5.74) is 7.30. The standard InChI is InChI=1S/C46H38N2O11S4/c1-47-41-9-4-3-8-37(41)35(38-21-16-32(25-42(38)47)61(51,52)53)19-12-29-6-5-7-30(46(29)60-31-14-10-28(11-15-31)24-45(49)50)13-20-36-39-22-17-33(62(54,55)56)26-43(39)48(2)44-27-34(63(57,58)59)18-23-40(36)44/h3-4,8-23,25-27H,5-7,24H2,1-2H3,(H3-,49,50,51,52,53,54,55,56,57,58,59). The van der Waals surface area contributed by atoms with Gasteiger partial charge in [-0.25, -0.2) is 8.42 Å². The maximum Gasteiger partial charge on any atom is 0.307 e. The van der Waals surface area contributed by atoms with Crippen molar-refractivity contribution >= 4 is 92.9 Å². The minimum absolute atomic E-state index is 0.130. The number of aryl methyl sites for hydroxylation is 1. The molecule has 0 amide bonds. The number of aliphatic carboxylic acids is 1. The molecular weight excluding hydrogens is 885 g/mol. The Morgan fingerprint density at radius 3 is 1.95 bits per heavy atom. The van der Waals surface area contributed by atoms with E-state index in [0.717, 1.165) is 49.2 Å². The van der Waals surface area contributed by atoms with Crippen LogP contribution in [0.3, 0.4) is 0 Å². The van der Waals surface area contributed by atoms with Gasteiger partial charge in [0.25, 0.3) is 20.2 Å². The highest BCUT2D eigenvalue weighted by atomic mass is 32.2. The topological polar surface area (TPSA) is 210 Å². The van der Waals surface area contributed by atoms with Crippen LogP contribution in [0.1, 0.15) is 41.5 Å². The molecule has 1 aliphatic heterocycles. The lowest BCUT2D eigenvalue weighted by Gasteiger charge is -2.32. The third-order valence-corrected chi connectivity index (χ3v) is 14.9. The summed E-state index contributed by atoms with van der Waals surface area (Å²) in [6.07, 6.45) is 9.85. The largest absolute Gasteiger partial charge is 0.744 e. The third kappa shape index (κ3) is 8.86. The van der Waals surface area contributed by atoms with Crippen molar-refractivity contribution in [1.82, 2.24) is 0 Å². The number of carbonyl (C=O) groups is 1. The van der Waals surface area contributed by atoms with Crippen LogP contribution in [0.25, 0.3) is 33.5 Å². The molecular formula is C46H38N2O11S4. The normalized spacial score (nSPS) is 15.3. The molecule has 0 unspecified atom stereocenters. The molecule has 3 N–H and O–H groups in total. The van der Waals surface area contributed by atoms with Crippen LogP contribution < -0.4 is 9.47 Å². The first-order valence-corrected chi connectivity index (χ1v) is 24.5. The zero-order valence-corrected chi connectivity index (χ0v) is 36.9. The number of pyridine rings is 1. The van der Waals surface area contributed by atoms with E-state index in [9.17, 15) is 48.8 Å². The second kappa shape index (κ2) is 16.7. The number of para-hydroxylation sites is 1. The first kappa shape index (κ1) is 43.7. The van der Waals surface area contributed by atoms with Crippen molar-refractivity contribution < 1.29 is 53.4 Å². The second-order valence-corrected chi connectivity index (χ2v) is 20.4. The van der Waals surface area contributed by atoms with Gasteiger partial charge in [-0.2, -0.15) is 21.4 Å². The van der Waals surface area contributed by atoms with Crippen LogP contribution in [0.2, 0.25) is 0 Å². The lowest BCUT2D eigenvalue weighted by atomic mass is 9.89. The van der Waals surface area contributed by atoms with Crippen LogP contribution in [-0.2, 0) is 48.6 Å². The Labute approximate surface area is 368 Å². The SMILES string of the molecule is CN1c2cc(S(=O)(=O)O)ccc2C(=C/C=C2\CCCC(/C=C/c3c4ccccc4[n+](C)c4cc(S(=O)(=O)[O-])ccc34)=C2Sc2ccc(CC(=O)O)cc2)c2ccc(S(=O)(=O)O)cc21. The number of anilines is 2. The van der Waals surface area contributed by atoms with Gasteiger partial charge in [0, 0.05) is 45.7 Å². The van der Waals surface area contributed by atoms with Crippen LogP contribution in [0.15, 0.2) is 157 Å². The molecule has 0 saturated heterocycles. The van der Waals surface area contributed by atoms with E-state index in [1.807, 2.05) is 72.3 Å². The van der Waals surface area contributed by atoms with Gasteiger partial charge in [0.05, 0.1) is 43.3 Å². The average Bonchev–Trinajstić information content (AvgIpc) is 3.23. The predicted octanol–water partition coefficient (Wildman–Crippen LogP) is 8.23. The fourth-order valence-electron chi connectivity index (χ4n) is 8.12. The van der Waals surface area contributed by atoms with E-state index >= 15 is 0 Å². The number of hydrogen-bond acceptors (Lipinski definition) is 10. The van der Waals surface area contributed by atoms with Gasteiger partial charge >= 0.3 is 5.97 Å². The summed E-state index contributed by atoms with van der Waals surface area (Å²) in [4.78, 5) is 13.7. The summed E-state index contributed by atoms with van der Waals surface area (Å²) in [6.45, 7) is 0. The Hall–Kier alpha value is -5.92. The molecule has 0 radical (unpaired) electrons. The highest BCUT2D eigenvalue weighted by Crippen LogP contribution is 2.47. The van der Waals surface area contributed by atoms with Crippen molar-refractivity contribution in [2.45, 2.75) is 45.3 Å². The molecule has 0 fully saturated rings. The lowest BCUT2D eigenvalue weighted by Crippen LogP contribution is -2.30. The van der Waals surface area contributed by atoms with E-state index in [4.69, 9.17) is 0 Å². The number of fused-ring (bicyclic) bond motifs is 4. The molecule has 0 bridgehead atoms. The molecule has 13 nitrogen and oxygen atoms in total. The number of carboxylic acids is 1. The number of hydrogen-bond donors (Lipinski definition) is 3. The molecule has 8 rings (SSSR count). The molecule has 6 aromatic rings. The Morgan fingerprint density at radius 2 is 1.35 bits per heavy atom. The summed E-state index contributed by atoms with van der Waals surface area (Å²) >= 11 is 1.51. The molecule has 5 aromatic carbocycles. The van der Waals surface area contributed by atoms with Gasteiger partial charge in [-0.05, 0) is 96.1 Å². The first-order valence-electron chi connectivity index (χ1n) is 19.4. The summed E-state index contributed by atoms with van der Waals surface area (Å²) in [5, 5.41) is 11.0. The van der Waals surface area contributed by atoms with Crippen molar-refractivity contribution in [3.8, 4) is 0 Å². The lowest BCUT2D eigenvalue weighted by molar-refractivity contribution is -0.617. The zero-order valence-electron chi connectivity index (χ0n) is 33.6. The van der Waals surface area contributed by atoms with Gasteiger partial charge in [-0.15, -0.1) is 0 Å². The van der Waals surface area contributed by atoms with Crippen molar-refractivity contribution in [2.75, 3.05) is 11.9 Å². The monoisotopic (exact) mass is 922 g/mol. The van der Waals surface area contributed by atoms with Crippen molar-refractivity contribution in [3.05, 3.63) is 160 Å². The van der Waals surface area contributed by atoms with Crippen LogP contribution in [0, 0.1) is 0 Å². The number of nitrogens with zero attached hydrogens (tertiary/aromatic N) is 2. The molecule has 0 atom stereocenters. The van der Waals surface area contributed by atoms with Gasteiger partial charge in [0.2, 0.25) is 11.0 Å².